The van der Waals surface area contributed by atoms with Crippen LogP contribution in [0, 0.1) is 6.92 Å². The van der Waals surface area contributed by atoms with Crippen molar-refractivity contribution in [1.82, 2.24) is 0 Å². The molecule has 0 saturated carbocycles. The Bertz CT molecular complexity index is 251. The molecular weight excluding hydrogens is 248 g/mol. The van der Waals surface area contributed by atoms with E-state index in [1.807, 2.05) is 30.4 Å². The highest BCUT2D eigenvalue weighted by Gasteiger charge is 1.97. The summed E-state index contributed by atoms with van der Waals surface area (Å²) < 4.78 is 0. The molecule has 0 amide bonds. The third-order valence-corrected chi connectivity index (χ3v) is 3.10. The predicted octanol–water partition coefficient (Wildman–Crippen LogP) is 4.35. The second-order valence-corrected chi connectivity index (χ2v) is 5.13. The van der Waals surface area contributed by atoms with E-state index in [2.05, 4.69) is 13.8 Å². The van der Waals surface area contributed by atoms with Gasteiger partial charge in [0.25, 0.3) is 0 Å². The van der Waals surface area contributed by atoms with E-state index in [9.17, 15) is 10.2 Å². The first-order chi connectivity index (χ1) is 9.70. The summed E-state index contributed by atoms with van der Waals surface area (Å²) in [4.78, 5) is 0. The summed E-state index contributed by atoms with van der Waals surface area (Å²) >= 11 is 0. The van der Waals surface area contributed by atoms with Gasteiger partial charge in [0, 0.05) is 0 Å². The SMILES string of the molecule is [CH2-]CCCCC(O)\C=C/C=C\C=C\C(O)CCCCC. The number of hydrogen-bond donors (Lipinski definition) is 2. The second-order valence-electron chi connectivity index (χ2n) is 5.13. The van der Waals surface area contributed by atoms with Crippen molar-refractivity contribution in [3.8, 4) is 0 Å². The van der Waals surface area contributed by atoms with Gasteiger partial charge in [0.05, 0.1) is 12.2 Å². The predicted molar refractivity (Wildman–Crippen MR) is 87.4 cm³/mol. The number of unbranched alkanes of at least 4 members (excludes halogenated alkanes) is 4. The van der Waals surface area contributed by atoms with Crippen molar-refractivity contribution in [2.45, 2.75) is 70.5 Å². The molecule has 20 heavy (non-hydrogen) atoms. The fourth-order valence-electron chi connectivity index (χ4n) is 1.84. The first-order valence-electron chi connectivity index (χ1n) is 7.87. The van der Waals surface area contributed by atoms with E-state index in [1.54, 1.807) is 6.08 Å². The van der Waals surface area contributed by atoms with Crippen LogP contribution >= 0.6 is 0 Å². The van der Waals surface area contributed by atoms with Crippen molar-refractivity contribution >= 4 is 0 Å². The van der Waals surface area contributed by atoms with E-state index >= 15 is 0 Å². The Morgan fingerprint density at radius 2 is 1.30 bits per heavy atom. The first kappa shape index (κ1) is 19.1. The Labute approximate surface area is 124 Å². The third-order valence-electron chi connectivity index (χ3n) is 3.10. The molecule has 2 atom stereocenters. The van der Waals surface area contributed by atoms with E-state index in [0.717, 1.165) is 38.5 Å². The minimum atomic E-state index is -0.366. The van der Waals surface area contributed by atoms with Gasteiger partial charge >= 0.3 is 0 Å². The molecule has 116 valence electrons. The van der Waals surface area contributed by atoms with Crippen LogP contribution < -0.4 is 0 Å². The lowest BCUT2D eigenvalue weighted by Crippen LogP contribution is -2.01. The standard InChI is InChI=1S/C18H31O2/c1-3-5-9-13-17(19)15-11-7-8-12-16-18(20)14-10-6-4-2/h7-8,11-12,15-20H,1,3-6,9-10,13-14H2,2H3/q-1/b8-7-,15-11-,16-12+. The van der Waals surface area contributed by atoms with Crippen molar-refractivity contribution < 1.29 is 10.2 Å². The van der Waals surface area contributed by atoms with E-state index in [-0.39, 0.29) is 12.2 Å². The van der Waals surface area contributed by atoms with Crippen LogP contribution in [0.4, 0.5) is 0 Å². The smallest absolute Gasteiger partial charge is 0.0723 e. The van der Waals surface area contributed by atoms with E-state index < -0.39 is 0 Å². The zero-order chi connectivity index (χ0) is 15.1. The van der Waals surface area contributed by atoms with Crippen LogP contribution in [0.15, 0.2) is 36.5 Å². The summed E-state index contributed by atoms with van der Waals surface area (Å²) in [7, 11) is 0. The second kappa shape index (κ2) is 14.5. The summed E-state index contributed by atoms with van der Waals surface area (Å²) in [5.41, 5.74) is 0. The largest absolute Gasteiger partial charge is 0.389 e. The highest BCUT2D eigenvalue weighted by atomic mass is 16.3. The van der Waals surface area contributed by atoms with Gasteiger partial charge in [-0.1, -0.05) is 75.5 Å². The Hall–Kier alpha value is -0.860. The van der Waals surface area contributed by atoms with Gasteiger partial charge in [-0.2, -0.15) is 6.42 Å². The molecule has 0 rings (SSSR count). The molecule has 0 spiro atoms. The average Bonchev–Trinajstić information content (AvgIpc) is 2.43. The molecule has 2 unspecified atom stereocenters. The first-order valence-corrected chi connectivity index (χ1v) is 7.87. The lowest BCUT2D eigenvalue weighted by atomic mass is 10.1. The van der Waals surface area contributed by atoms with E-state index in [4.69, 9.17) is 0 Å². The highest BCUT2D eigenvalue weighted by Crippen LogP contribution is 2.05. The van der Waals surface area contributed by atoms with E-state index in [0.29, 0.717) is 0 Å². The monoisotopic (exact) mass is 279 g/mol. The molecule has 0 aromatic rings. The molecule has 0 aliphatic carbocycles. The number of hydrogen-bond acceptors (Lipinski definition) is 2. The molecule has 2 N–H and O–H groups in total. The molecule has 0 radical (unpaired) electrons. The van der Waals surface area contributed by atoms with Gasteiger partial charge in [-0.3, -0.25) is 0 Å². The van der Waals surface area contributed by atoms with Crippen molar-refractivity contribution in [1.29, 1.82) is 0 Å². The molecule has 0 saturated heterocycles. The Kier molecular flexibility index (Phi) is 13.9. The highest BCUT2D eigenvalue weighted by molar-refractivity contribution is 5.13. The average molecular weight is 279 g/mol. The molecule has 2 nitrogen and oxygen atoms in total. The van der Waals surface area contributed by atoms with E-state index in [1.165, 1.54) is 12.8 Å². The number of allylic oxidation sites excluding steroid dienone is 4. The Morgan fingerprint density at radius 3 is 1.75 bits per heavy atom. The number of aliphatic hydroxyl groups is 2. The zero-order valence-electron chi connectivity index (χ0n) is 12.9. The maximum Gasteiger partial charge on any atom is 0.0723 e. The quantitative estimate of drug-likeness (QED) is 0.317. The summed E-state index contributed by atoms with van der Waals surface area (Å²) in [6.07, 6.45) is 18.4. The zero-order valence-corrected chi connectivity index (χ0v) is 12.9. The van der Waals surface area contributed by atoms with Gasteiger partial charge in [0.15, 0.2) is 0 Å². The molecule has 0 aromatic carbocycles. The summed E-state index contributed by atoms with van der Waals surface area (Å²) in [6.45, 7) is 5.93. The lowest BCUT2D eigenvalue weighted by molar-refractivity contribution is 0.208. The van der Waals surface area contributed by atoms with Crippen LogP contribution in [0.2, 0.25) is 0 Å². The van der Waals surface area contributed by atoms with Crippen molar-refractivity contribution in [3.63, 3.8) is 0 Å². The third kappa shape index (κ3) is 13.6. The maximum atomic E-state index is 9.66. The van der Waals surface area contributed by atoms with Crippen LogP contribution in [-0.2, 0) is 0 Å². The molecule has 0 bridgehead atoms. The topological polar surface area (TPSA) is 40.5 Å². The van der Waals surface area contributed by atoms with Crippen molar-refractivity contribution in [2.75, 3.05) is 0 Å². The van der Waals surface area contributed by atoms with Gasteiger partial charge in [-0.05, 0) is 12.8 Å². The van der Waals surface area contributed by atoms with Crippen LogP contribution in [0.3, 0.4) is 0 Å². The van der Waals surface area contributed by atoms with Crippen LogP contribution in [0.5, 0.6) is 0 Å². The fraction of sp³-hybridized carbons (Fsp3) is 0.611. The molecule has 0 aliphatic heterocycles. The molecule has 0 fully saturated rings. The fourth-order valence-corrected chi connectivity index (χ4v) is 1.84. The number of rotatable bonds is 12. The summed E-state index contributed by atoms with van der Waals surface area (Å²) in [5, 5.41) is 19.3. The van der Waals surface area contributed by atoms with Gasteiger partial charge in [-0.25, -0.2) is 0 Å². The Balaban J connectivity index is 3.72. The van der Waals surface area contributed by atoms with Gasteiger partial charge in [0.2, 0.25) is 0 Å². The molecule has 2 heteroatoms. The summed E-state index contributed by atoms with van der Waals surface area (Å²) in [5.74, 6) is 0. The Morgan fingerprint density at radius 1 is 0.800 bits per heavy atom. The van der Waals surface area contributed by atoms with Crippen LogP contribution in [-0.4, -0.2) is 22.4 Å². The van der Waals surface area contributed by atoms with Gasteiger partial charge in [-0.15, -0.1) is 0 Å². The minimum Gasteiger partial charge on any atom is -0.389 e. The normalized spacial score (nSPS) is 15.6. The van der Waals surface area contributed by atoms with Crippen molar-refractivity contribution in [2.24, 2.45) is 0 Å². The molecule has 0 aliphatic rings. The van der Waals surface area contributed by atoms with Gasteiger partial charge in [0.1, 0.15) is 0 Å². The van der Waals surface area contributed by atoms with Gasteiger partial charge < -0.3 is 17.1 Å². The van der Waals surface area contributed by atoms with Crippen LogP contribution in [0.1, 0.15) is 58.3 Å². The maximum absolute atomic E-state index is 9.66. The van der Waals surface area contributed by atoms with Crippen LogP contribution in [0.25, 0.3) is 0 Å². The molecule has 0 aromatic heterocycles. The van der Waals surface area contributed by atoms with Crippen molar-refractivity contribution in [3.05, 3.63) is 43.4 Å². The number of aliphatic hydroxyl groups excluding tert-OH is 2. The minimum absolute atomic E-state index is 0.344. The summed E-state index contributed by atoms with van der Waals surface area (Å²) in [6, 6.07) is 0. The molecule has 0 heterocycles. The molecular formula is C18H31O2-. The lowest BCUT2D eigenvalue weighted by Gasteiger charge is -2.04.